The lowest BCUT2D eigenvalue weighted by Gasteiger charge is -2.38. The first-order valence-electron chi connectivity index (χ1n) is 6.72. The minimum Gasteiger partial charge on any atom is -0.387 e. The molecular weight excluding hydrogens is 230 g/mol. The van der Waals surface area contributed by atoms with Gasteiger partial charge in [0.25, 0.3) is 0 Å². The first-order chi connectivity index (χ1) is 8.58. The van der Waals surface area contributed by atoms with E-state index in [1.165, 1.54) is 0 Å². The van der Waals surface area contributed by atoms with Crippen LogP contribution in [0.3, 0.4) is 0 Å². The average molecular weight is 257 g/mol. The fourth-order valence-corrected chi connectivity index (χ4v) is 2.17. The molecule has 0 aromatic heterocycles. The van der Waals surface area contributed by atoms with Gasteiger partial charge in [-0.05, 0) is 32.4 Å². The molecule has 0 aromatic carbocycles. The highest BCUT2D eigenvalue weighted by atomic mass is 16.5. The van der Waals surface area contributed by atoms with Gasteiger partial charge >= 0.3 is 0 Å². The van der Waals surface area contributed by atoms with Gasteiger partial charge in [0.1, 0.15) is 0 Å². The maximum absolute atomic E-state index is 7.61. The van der Waals surface area contributed by atoms with E-state index in [9.17, 15) is 0 Å². The van der Waals surface area contributed by atoms with Crippen LogP contribution < -0.4 is 5.73 Å². The molecule has 0 bridgehead atoms. The number of piperidine rings is 1. The van der Waals surface area contributed by atoms with Crippen LogP contribution in [0.25, 0.3) is 0 Å². The average Bonchev–Trinajstić information content (AvgIpc) is 2.36. The lowest BCUT2D eigenvalue weighted by molar-refractivity contribution is 0.0621. The maximum Gasteiger partial charge on any atom is 0.0966 e. The van der Waals surface area contributed by atoms with E-state index in [4.69, 9.17) is 20.6 Å². The molecule has 18 heavy (non-hydrogen) atoms. The molecule has 5 nitrogen and oxygen atoms in total. The standard InChI is InChI=1S/C13H27N3O2/c1-13(12(14)15)4-7-16(8-5-13)6-3-9-18-11-10-17-2/h3-11H2,1-2H3,(H3,14,15). The molecule has 1 fully saturated rings. The molecule has 1 heterocycles. The Morgan fingerprint density at radius 2 is 1.94 bits per heavy atom. The molecule has 0 aliphatic carbocycles. The van der Waals surface area contributed by atoms with Gasteiger partial charge in [-0.15, -0.1) is 0 Å². The molecule has 3 N–H and O–H groups in total. The minimum absolute atomic E-state index is 0.0779. The summed E-state index contributed by atoms with van der Waals surface area (Å²) in [4.78, 5) is 2.43. The number of nitrogens with one attached hydrogen (secondary N) is 1. The summed E-state index contributed by atoms with van der Waals surface area (Å²) in [5.74, 6) is 0.338. The van der Waals surface area contributed by atoms with E-state index in [0.717, 1.165) is 45.5 Å². The Morgan fingerprint density at radius 3 is 2.50 bits per heavy atom. The Labute approximate surface area is 110 Å². The van der Waals surface area contributed by atoms with Gasteiger partial charge in [0.2, 0.25) is 0 Å². The molecule has 1 aliphatic rings. The van der Waals surface area contributed by atoms with Crippen LogP contribution in [0.15, 0.2) is 0 Å². The van der Waals surface area contributed by atoms with Crippen LogP contribution in [-0.2, 0) is 9.47 Å². The number of ether oxygens (including phenoxy) is 2. The Balaban J connectivity index is 2.07. The molecule has 0 amide bonds. The molecule has 1 rings (SSSR count). The summed E-state index contributed by atoms with van der Waals surface area (Å²) in [5, 5.41) is 7.61. The van der Waals surface area contributed by atoms with Gasteiger partial charge in [0.05, 0.1) is 19.0 Å². The van der Waals surface area contributed by atoms with E-state index in [1.807, 2.05) is 0 Å². The van der Waals surface area contributed by atoms with Crippen LogP contribution in [0.1, 0.15) is 26.2 Å². The van der Waals surface area contributed by atoms with E-state index < -0.39 is 0 Å². The lowest BCUT2D eigenvalue weighted by Crippen LogP contribution is -2.45. The third-order valence-corrected chi connectivity index (χ3v) is 3.80. The topological polar surface area (TPSA) is 71.6 Å². The molecular formula is C13H27N3O2. The van der Waals surface area contributed by atoms with Crippen molar-refractivity contribution in [2.45, 2.75) is 26.2 Å². The number of rotatable bonds is 8. The molecule has 0 aromatic rings. The predicted molar refractivity (Wildman–Crippen MR) is 73.0 cm³/mol. The third-order valence-electron chi connectivity index (χ3n) is 3.80. The second-order valence-corrected chi connectivity index (χ2v) is 5.27. The zero-order chi connectivity index (χ0) is 13.4. The van der Waals surface area contributed by atoms with Crippen molar-refractivity contribution in [1.29, 1.82) is 5.41 Å². The van der Waals surface area contributed by atoms with Crippen molar-refractivity contribution in [3.05, 3.63) is 0 Å². The molecule has 0 spiro atoms. The smallest absolute Gasteiger partial charge is 0.0966 e. The first-order valence-corrected chi connectivity index (χ1v) is 6.72. The van der Waals surface area contributed by atoms with Crippen molar-refractivity contribution < 1.29 is 9.47 Å². The Hall–Kier alpha value is -0.650. The van der Waals surface area contributed by atoms with Crippen LogP contribution in [0, 0.1) is 10.8 Å². The molecule has 106 valence electrons. The van der Waals surface area contributed by atoms with Gasteiger partial charge < -0.3 is 20.1 Å². The van der Waals surface area contributed by atoms with Gasteiger partial charge in [0.15, 0.2) is 0 Å². The SMILES string of the molecule is COCCOCCCN1CCC(C)(C(=N)N)CC1. The van der Waals surface area contributed by atoms with E-state index in [0.29, 0.717) is 19.0 Å². The van der Waals surface area contributed by atoms with Crippen molar-refractivity contribution in [1.82, 2.24) is 4.90 Å². The summed E-state index contributed by atoms with van der Waals surface area (Å²) < 4.78 is 10.4. The number of hydrogen-bond donors (Lipinski definition) is 2. The highest BCUT2D eigenvalue weighted by molar-refractivity contribution is 5.83. The van der Waals surface area contributed by atoms with Gasteiger partial charge in [-0.25, -0.2) is 0 Å². The number of likely N-dealkylation sites (tertiary alicyclic amines) is 1. The second-order valence-electron chi connectivity index (χ2n) is 5.27. The highest BCUT2D eigenvalue weighted by Gasteiger charge is 2.32. The predicted octanol–water partition coefficient (Wildman–Crippen LogP) is 1.08. The first kappa shape index (κ1) is 15.4. The fourth-order valence-electron chi connectivity index (χ4n) is 2.17. The molecule has 5 heteroatoms. The van der Waals surface area contributed by atoms with Crippen molar-refractivity contribution >= 4 is 5.84 Å². The summed E-state index contributed by atoms with van der Waals surface area (Å²) in [6, 6.07) is 0. The van der Waals surface area contributed by atoms with Crippen molar-refractivity contribution in [2.24, 2.45) is 11.1 Å². The zero-order valence-electron chi connectivity index (χ0n) is 11.7. The number of nitrogens with two attached hydrogens (primary N) is 1. The fraction of sp³-hybridized carbons (Fsp3) is 0.923. The number of amidine groups is 1. The quantitative estimate of drug-likeness (QED) is 0.388. The van der Waals surface area contributed by atoms with Crippen LogP contribution >= 0.6 is 0 Å². The van der Waals surface area contributed by atoms with Crippen LogP contribution in [0.4, 0.5) is 0 Å². The Bertz CT molecular complexity index is 251. The zero-order valence-corrected chi connectivity index (χ0v) is 11.7. The van der Waals surface area contributed by atoms with E-state index >= 15 is 0 Å². The van der Waals surface area contributed by atoms with E-state index in [-0.39, 0.29) is 5.41 Å². The molecule has 0 saturated carbocycles. The largest absolute Gasteiger partial charge is 0.387 e. The van der Waals surface area contributed by atoms with Gasteiger partial charge in [-0.1, -0.05) is 6.92 Å². The number of methoxy groups -OCH3 is 1. The summed E-state index contributed by atoms with van der Waals surface area (Å²) in [6.45, 7) is 7.38. The Kier molecular flexibility index (Phi) is 6.60. The van der Waals surface area contributed by atoms with Crippen molar-refractivity contribution in [3.63, 3.8) is 0 Å². The highest BCUT2D eigenvalue weighted by Crippen LogP contribution is 2.30. The molecule has 1 saturated heterocycles. The van der Waals surface area contributed by atoms with Gasteiger partial charge in [0, 0.05) is 25.7 Å². The molecule has 0 atom stereocenters. The summed E-state index contributed by atoms with van der Waals surface area (Å²) in [6.07, 6.45) is 3.04. The minimum atomic E-state index is -0.0779. The molecule has 0 unspecified atom stereocenters. The molecule has 1 aliphatic heterocycles. The van der Waals surface area contributed by atoms with Gasteiger partial charge in [-0.3, -0.25) is 5.41 Å². The lowest BCUT2D eigenvalue weighted by atomic mass is 9.79. The third kappa shape index (κ3) is 4.92. The summed E-state index contributed by atoms with van der Waals surface area (Å²) in [7, 11) is 1.68. The van der Waals surface area contributed by atoms with Crippen molar-refractivity contribution in [3.8, 4) is 0 Å². The normalized spacial score (nSPS) is 19.9. The number of nitrogens with zero attached hydrogens (tertiary/aromatic N) is 1. The maximum atomic E-state index is 7.61. The molecule has 0 radical (unpaired) electrons. The second kappa shape index (κ2) is 7.71. The van der Waals surface area contributed by atoms with E-state index in [2.05, 4.69) is 11.8 Å². The number of hydrogen-bond acceptors (Lipinski definition) is 4. The summed E-state index contributed by atoms with van der Waals surface area (Å²) >= 11 is 0. The van der Waals surface area contributed by atoms with Crippen LogP contribution in [0.2, 0.25) is 0 Å². The summed E-state index contributed by atoms with van der Waals surface area (Å²) in [5.41, 5.74) is 5.57. The van der Waals surface area contributed by atoms with Crippen LogP contribution in [-0.4, -0.2) is 57.3 Å². The van der Waals surface area contributed by atoms with Crippen molar-refractivity contribution in [2.75, 3.05) is 46.6 Å². The monoisotopic (exact) mass is 257 g/mol. The van der Waals surface area contributed by atoms with Gasteiger partial charge in [-0.2, -0.15) is 0 Å². The van der Waals surface area contributed by atoms with Crippen LogP contribution in [0.5, 0.6) is 0 Å². The van der Waals surface area contributed by atoms with E-state index in [1.54, 1.807) is 7.11 Å². The Morgan fingerprint density at radius 1 is 1.28 bits per heavy atom.